The first-order valence-electron chi connectivity index (χ1n) is 8.25. The average molecular weight is 288 g/mol. The highest BCUT2D eigenvalue weighted by atomic mass is 16.5. The third-order valence-electron chi connectivity index (χ3n) is 5.12. The molecular formula is C18H28N2O. The van der Waals surface area contributed by atoms with Crippen LogP contribution >= 0.6 is 0 Å². The number of ether oxygens (including phenoxy) is 1. The molecule has 116 valence electrons. The molecule has 1 fully saturated rings. The van der Waals surface area contributed by atoms with E-state index in [2.05, 4.69) is 35.5 Å². The normalized spacial score (nSPS) is 19.4. The van der Waals surface area contributed by atoms with Gasteiger partial charge in [0, 0.05) is 46.1 Å². The van der Waals surface area contributed by atoms with Crippen molar-refractivity contribution in [3.05, 3.63) is 29.3 Å². The molecule has 1 heterocycles. The van der Waals surface area contributed by atoms with Crippen LogP contribution in [0.25, 0.3) is 0 Å². The molecule has 3 heteroatoms. The molecule has 1 N–H and O–H groups in total. The Bertz CT molecular complexity index is 482. The Balaban J connectivity index is 1.52. The molecular weight excluding hydrogens is 260 g/mol. The number of hydrogen-bond acceptors (Lipinski definition) is 3. The van der Waals surface area contributed by atoms with Gasteiger partial charge in [-0.25, -0.2) is 0 Å². The van der Waals surface area contributed by atoms with Crippen LogP contribution in [-0.2, 0) is 17.7 Å². The number of aryl methyl sites for hydroxylation is 1. The van der Waals surface area contributed by atoms with Gasteiger partial charge in [0.15, 0.2) is 0 Å². The molecule has 1 aliphatic heterocycles. The lowest BCUT2D eigenvalue weighted by Gasteiger charge is -2.28. The van der Waals surface area contributed by atoms with E-state index in [1.54, 1.807) is 7.11 Å². The SMILES string of the molecule is COCCC1(CNCc2ccc3c(c2)CCCN3C)CC1. The first-order chi connectivity index (χ1) is 10.2. The van der Waals surface area contributed by atoms with E-state index >= 15 is 0 Å². The lowest BCUT2D eigenvalue weighted by molar-refractivity contribution is 0.171. The molecule has 0 bridgehead atoms. The quantitative estimate of drug-likeness (QED) is 0.835. The summed E-state index contributed by atoms with van der Waals surface area (Å²) in [5.74, 6) is 0. The maximum absolute atomic E-state index is 5.22. The fourth-order valence-electron chi connectivity index (χ4n) is 3.43. The lowest BCUT2D eigenvalue weighted by Crippen LogP contribution is -2.26. The number of nitrogens with one attached hydrogen (secondary N) is 1. The summed E-state index contributed by atoms with van der Waals surface area (Å²) in [6.45, 7) is 4.21. The van der Waals surface area contributed by atoms with Gasteiger partial charge in [-0.15, -0.1) is 0 Å². The van der Waals surface area contributed by atoms with Gasteiger partial charge in [0.1, 0.15) is 0 Å². The van der Waals surface area contributed by atoms with Crippen molar-refractivity contribution in [1.82, 2.24) is 5.32 Å². The Labute approximate surface area is 128 Å². The standard InChI is InChI=1S/C18H28N2O/c1-20-10-3-4-16-12-15(5-6-17(16)20)13-19-14-18(7-8-18)9-11-21-2/h5-6,12,19H,3-4,7-11,13-14H2,1-2H3. The molecule has 0 saturated heterocycles. The largest absolute Gasteiger partial charge is 0.385 e. The van der Waals surface area contributed by atoms with E-state index in [1.165, 1.54) is 55.5 Å². The Morgan fingerprint density at radius 3 is 2.95 bits per heavy atom. The maximum atomic E-state index is 5.22. The summed E-state index contributed by atoms with van der Waals surface area (Å²) in [4.78, 5) is 2.37. The van der Waals surface area contributed by atoms with E-state index in [4.69, 9.17) is 4.74 Å². The van der Waals surface area contributed by atoms with E-state index < -0.39 is 0 Å². The number of hydrogen-bond donors (Lipinski definition) is 1. The van der Waals surface area contributed by atoms with E-state index in [0.29, 0.717) is 5.41 Å². The van der Waals surface area contributed by atoms with Crippen LogP contribution in [0.3, 0.4) is 0 Å². The molecule has 3 rings (SSSR count). The number of anilines is 1. The van der Waals surface area contributed by atoms with E-state index in [9.17, 15) is 0 Å². The monoisotopic (exact) mass is 288 g/mol. The van der Waals surface area contributed by atoms with E-state index in [-0.39, 0.29) is 0 Å². The minimum Gasteiger partial charge on any atom is -0.385 e. The van der Waals surface area contributed by atoms with Gasteiger partial charge in [-0.2, -0.15) is 0 Å². The van der Waals surface area contributed by atoms with Crippen LogP contribution in [0.1, 0.15) is 36.8 Å². The topological polar surface area (TPSA) is 24.5 Å². The molecule has 0 unspecified atom stereocenters. The fraction of sp³-hybridized carbons (Fsp3) is 0.667. The lowest BCUT2D eigenvalue weighted by atomic mass is 9.99. The van der Waals surface area contributed by atoms with Crippen LogP contribution in [0.4, 0.5) is 5.69 Å². The Morgan fingerprint density at radius 2 is 2.19 bits per heavy atom. The highest BCUT2D eigenvalue weighted by molar-refractivity contribution is 5.56. The van der Waals surface area contributed by atoms with E-state index in [1.807, 2.05) is 0 Å². The minimum absolute atomic E-state index is 0.532. The number of methoxy groups -OCH3 is 1. The summed E-state index contributed by atoms with van der Waals surface area (Å²) in [6, 6.07) is 6.97. The third kappa shape index (κ3) is 3.58. The summed E-state index contributed by atoms with van der Waals surface area (Å²) < 4.78 is 5.22. The van der Waals surface area contributed by atoms with Crippen molar-refractivity contribution in [2.24, 2.45) is 5.41 Å². The van der Waals surface area contributed by atoms with Gasteiger partial charge in [-0.1, -0.05) is 12.1 Å². The predicted molar refractivity (Wildman–Crippen MR) is 87.9 cm³/mol. The zero-order chi connectivity index (χ0) is 14.7. The number of fused-ring (bicyclic) bond motifs is 1. The molecule has 1 saturated carbocycles. The first-order valence-corrected chi connectivity index (χ1v) is 8.25. The van der Waals surface area contributed by atoms with Gasteiger partial charge >= 0.3 is 0 Å². The van der Waals surface area contributed by atoms with Crippen molar-refractivity contribution < 1.29 is 4.74 Å². The average Bonchev–Trinajstić information content (AvgIpc) is 3.26. The summed E-state index contributed by atoms with van der Waals surface area (Å²) in [6.07, 6.45) is 6.42. The molecule has 0 spiro atoms. The number of rotatable bonds is 7. The Kier molecular flexibility index (Phi) is 4.51. The third-order valence-corrected chi connectivity index (χ3v) is 5.12. The summed E-state index contributed by atoms with van der Waals surface area (Å²) in [7, 11) is 4.00. The molecule has 1 aromatic carbocycles. The minimum atomic E-state index is 0.532. The predicted octanol–water partition coefficient (Wildman–Crippen LogP) is 2.98. The second-order valence-corrected chi connectivity index (χ2v) is 6.83. The molecule has 0 aromatic heterocycles. The highest BCUT2D eigenvalue weighted by Crippen LogP contribution is 2.48. The summed E-state index contributed by atoms with van der Waals surface area (Å²) >= 11 is 0. The highest BCUT2D eigenvalue weighted by Gasteiger charge is 2.41. The molecule has 21 heavy (non-hydrogen) atoms. The second kappa shape index (κ2) is 6.37. The van der Waals surface area contributed by atoms with Crippen LogP contribution in [0, 0.1) is 5.41 Å². The van der Waals surface area contributed by atoms with Crippen LogP contribution < -0.4 is 10.2 Å². The van der Waals surface area contributed by atoms with Crippen LogP contribution in [-0.4, -0.2) is 33.9 Å². The van der Waals surface area contributed by atoms with Gasteiger partial charge < -0.3 is 15.0 Å². The molecule has 1 aliphatic carbocycles. The van der Waals surface area contributed by atoms with Crippen molar-refractivity contribution in [1.29, 1.82) is 0 Å². The second-order valence-electron chi connectivity index (χ2n) is 6.83. The van der Waals surface area contributed by atoms with Crippen molar-refractivity contribution in [2.75, 3.05) is 38.8 Å². The van der Waals surface area contributed by atoms with Gasteiger partial charge in [0.25, 0.3) is 0 Å². The molecule has 0 radical (unpaired) electrons. The first kappa shape index (κ1) is 14.9. The smallest absolute Gasteiger partial charge is 0.0468 e. The molecule has 2 aliphatic rings. The van der Waals surface area contributed by atoms with Crippen molar-refractivity contribution in [2.45, 2.75) is 38.6 Å². The van der Waals surface area contributed by atoms with Crippen LogP contribution in [0.15, 0.2) is 18.2 Å². The van der Waals surface area contributed by atoms with Crippen molar-refractivity contribution in [3.63, 3.8) is 0 Å². The molecule has 1 aromatic rings. The van der Waals surface area contributed by atoms with Crippen LogP contribution in [0.5, 0.6) is 0 Å². The van der Waals surface area contributed by atoms with Gasteiger partial charge in [0.05, 0.1) is 0 Å². The summed E-state index contributed by atoms with van der Waals surface area (Å²) in [5.41, 5.74) is 4.89. The Hall–Kier alpha value is -1.06. The van der Waals surface area contributed by atoms with Crippen molar-refractivity contribution in [3.8, 4) is 0 Å². The van der Waals surface area contributed by atoms with Gasteiger partial charge in [-0.05, 0) is 54.7 Å². The van der Waals surface area contributed by atoms with Gasteiger partial charge in [0.2, 0.25) is 0 Å². The zero-order valence-corrected chi connectivity index (χ0v) is 13.5. The van der Waals surface area contributed by atoms with E-state index in [0.717, 1.165) is 19.7 Å². The summed E-state index contributed by atoms with van der Waals surface area (Å²) in [5, 5.41) is 3.66. The maximum Gasteiger partial charge on any atom is 0.0468 e. The number of benzene rings is 1. The molecule has 3 nitrogen and oxygen atoms in total. The zero-order valence-electron chi connectivity index (χ0n) is 13.5. The molecule has 0 atom stereocenters. The van der Waals surface area contributed by atoms with Gasteiger partial charge in [-0.3, -0.25) is 0 Å². The Morgan fingerprint density at radius 1 is 1.33 bits per heavy atom. The number of nitrogens with zero attached hydrogens (tertiary/aromatic N) is 1. The van der Waals surface area contributed by atoms with Crippen LogP contribution in [0.2, 0.25) is 0 Å². The van der Waals surface area contributed by atoms with Crippen molar-refractivity contribution >= 4 is 5.69 Å². The molecule has 0 amide bonds. The fourth-order valence-corrected chi connectivity index (χ4v) is 3.43.